The van der Waals surface area contributed by atoms with Gasteiger partial charge < -0.3 is 10.6 Å². The Morgan fingerprint density at radius 1 is 1.48 bits per heavy atom. The van der Waals surface area contributed by atoms with E-state index in [1.54, 1.807) is 10.9 Å². The second kappa shape index (κ2) is 5.95. The van der Waals surface area contributed by atoms with Crippen molar-refractivity contribution in [3.8, 4) is 0 Å². The van der Waals surface area contributed by atoms with Gasteiger partial charge in [0.05, 0.1) is 17.6 Å². The number of fused-ring (bicyclic) bond motifs is 1. The van der Waals surface area contributed by atoms with Crippen molar-refractivity contribution in [1.82, 2.24) is 14.5 Å². The molecule has 1 fully saturated rings. The normalized spacial score (nSPS) is 19.9. The molecule has 0 saturated carbocycles. The van der Waals surface area contributed by atoms with E-state index in [4.69, 9.17) is 5.73 Å². The highest BCUT2D eigenvalue weighted by molar-refractivity contribution is 7.16. The number of hydrogen-bond donors (Lipinski definition) is 1. The highest BCUT2D eigenvalue weighted by Crippen LogP contribution is 2.16. The fourth-order valence-electron chi connectivity index (χ4n) is 2.79. The highest BCUT2D eigenvalue weighted by Gasteiger charge is 2.23. The Kier molecular flexibility index (Phi) is 4.03. The number of amides is 1. The van der Waals surface area contributed by atoms with Crippen LogP contribution in [0.1, 0.15) is 12.8 Å². The van der Waals surface area contributed by atoms with Gasteiger partial charge in [-0.1, -0.05) is 0 Å². The quantitative estimate of drug-likeness (QED) is 0.899. The van der Waals surface area contributed by atoms with Crippen molar-refractivity contribution in [2.75, 3.05) is 19.6 Å². The molecule has 2 aromatic rings. The number of carbonyl (C=O) groups is 1. The first-order valence-electron chi connectivity index (χ1n) is 7.09. The molecule has 1 amide bonds. The monoisotopic (exact) mass is 306 g/mol. The van der Waals surface area contributed by atoms with E-state index in [1.807, 2.05) is 11.4 Å². The number of nitrogens with zero attached hydrogens (tertiary/aromatic N) is 3. The van der Waals surface area contributed by atoms with Crippen molar-refractivity contribution in [2.45, 2.75) is 19.4 Å². The maximum atomic E-state index is 12.3. The number of thiophene rings is 1. The number of likely N-dealkylation sites (tertiary alicyclic amines) is 1. The number of hydrogen-bond acceptors (Lipinski definition) is 5. The van der Waals surface area contributed by atoms with Crippen LogP contribution in [0.3, 0.4) is 0 Å². The number of nitrogens with two attached hydrogens (primary N) is 1. The van der Waals surface area contributed by atoms with Crippen molar-refractivity contribution < 1.29 is 4.79 Å². The molecule has 2 aromatic heterocycles. The fourth-order valence-corrected chi connectivity index (χ4v) is 3.52. The highest BCUT2D eigenvalue weighted by atomic mass is 32.1. The van der Waals surface area contributed by atoms with E-state index < -0.39 is 0 Å². The minimum absolute atomic E-state index is 0.00436. The van der Waals surface area contributed by atoms with Gasteiger partial charge in [0.2, 0.25) is 5.91 Å². The van der Waals surface area contributed by atoms with Gasteiger partial charge in [0.25, 0.3) is 5.56 Å². The predicted octanol–water partition coefficient (Wildman–Crippen LogP) is 0.655. The van der Waals surface area contributed by atoms with Crippen LogP contribution in [0.15, 0.2) is 22.6 Å². The first-order chi connectivity index (χ1) is 10.1. The molecule has 6 nitrogen and oxygen atoms in total. The molecule has 1 unspecified atom stereocenters. The van der Waals surface area contributed by atoms with Crippen LogP contribution < -0.4 is 11.3 Å². The third kappa shape index (κ3) is 2.98. The molecule has 0 radical (unpaired) electrons. The second-order valence-electron chi connectivity index (χ2n) is 5.42. The van der Waals surface area contributed by atoms with E-state index in [2.05, 4.69) is 9.88 Å². The number of carbonyl (C=O) groups excluding carboxylic acids is 1. The zero-order chi connectivity index (χ0) is 14.8. The number of piperidine rings is 1. The van der Waals surface area contributed by atoms with Crippen molar-refractivity contribution in [2.24, 2.45) is 11.7 Å². The van der Waals surface area contributed by atoms with Crippen molar-refractivity contribution in [3.63, 3.8) is 0 Å². The number of primary amides is 1. The summed E-state index contributed by atoms with van der Waals surface area (Å²) in [6, 6.07) is 1.82. The Morgan fingerprint density at radius 3 is 3.14 bits per heavy atom. The summed E-state index contributed by atoms with van der Waals surface area (Å²) in [5.41, 5.74) is 5.39. The maximum absolute atomic E-state index is 12.3. The number of rotatable bonds is 4. The van der Waals surface area contributed by atoms with Gasteiger partial charge in [0.15, 0.2) is 0 Å². The van der Waals surface area contributed by atoms with Crippen LogP contribution in [0.5, 0.6) is 0 Å². The lowest BCUT2D eigenvalue weighted by atomic mass is 9.97. The first kappa shape index (κ1) is 14.2. The molecule has 1 aliphatic heterocycles. The van der Waals surface area contributed by atoms with Crippen LogP contribution in [-0.2, 0) is 11.3 Å². The molecule has 21 heavy (non-hydrogen) atoms. The van der Waals surface area contributed by atoms with E-state index in [0.29, 0.717) is 18.5 Å². The van der Waals surface area contributed by atoms with Gasteiger partial charge in [0.1, 0.15) is 4.83 Å². The summed E-state index contributed by atoms with van der Waals surface area (Å²) >= 11 is 1.47. The van der Waals surface area contributed by atoms with Crippen LogP contribution in [-0.4, -0.2) is 40.0 Å². The Bertz CT molecular complexity index is 708. The molecule has 1 atom stereocenters. The summed E-state index contributed by atoms with van der Waals surface area (Å²) in [5, 5.41) is 2.56. The SMILES string of the molecule is NC(=O)C1CCCN(CCn2cnc3sccc3c2=O)C1. The van der Waals surface area contributed by atoms with Gasteiger partial charge in [-0.2, -0.15) is 0 Å². The smallest absolute Gasteiger partial charge is 0.262 e. The first-order valence-corrected chi connectivity index (χ1v) is 7.97. The van der Waals surface area contributed by atoms with E-state index >= 15 is 0 Å². The lowest BCUT2D eigenvalue weighted by Gasteiger charge is -2.31. The summed E-state index contributed by atoms with van der Waals surface area (Å²) in [5.74, 6) is -0.286. The van der Waals surface area contributed by atoms with Crippen molar-refractivity contribution in [1.29, 1.82) is 0 Å². The van der Waals surface area contributed by atoms with Crippen molar-refractivity contribution >= 4 is 27.5 Å². The molecule has 1 saturated heterocycles. The van der Waals surface area contributed by atoms with E-state index in [-0.39, 0.29) is 17.4 Å². The average molecular weight is 306 g/mol. The molecule has 112 valence electrons. The Hall–Kier alpha value is -1.73. The molecule has 7 heteroatoms. The van der Waals surface area contributed by atoms with Crippen LogP contribution in [0.25, 0.3) is 10.2 Å². The molecule has 0 spiro atoms. The van der Waals surface area contributed by atoms with Gasteiger partial charge in [-0.25, -0.2) is 4.98 Å². The van der Waals surface area contributed by atoms with Gasteiger partial charge in [-0.05, 0) is 30.8 Å². The van der Waals surface area contributed by atoms with Crippen LogP contribution in [0.2, 0.25) is 0 Å². The van der Waals surface area contributed by atoms with Gasteiger partial charge >= 0.3 is 0 Å². The topological polar surface area (TPSA) is 81.2 Å². The Balaban J connectivity index is 1.67. The Morgan fingerprint density at radius 2 is 2.33 bits per heavy atom. The van der Waals surface area contributed by atoms with Gasteiger partial charge in [-0.3, -0.25) is 14.2 Å². The molecule has 3 rings (SSSR count). The minimum Gasteiger partial charge on any atom is -0.369 e. The maximum Gasteiger partial charge on any atom is 0.262 e. The zero-order valence-electron chi connectivity index (χ0n) is 11.7. The molecule has 0 bridgehead atoms. The van der Waals surface area contributed by atoms with E-state index in [9.17, 15) is 9.59 Å². The lowest BCUT2D eigenvalue weighted by Crippen LogP contribution is -2.42. The molecule has 1 aliphatic rings. The fraction of sp³-hybridized carbons (Fsp3) is 0.500. The average Bonchev–Trinajstić information content (AvgIpc) is 2.96. The lowest BCUT2D eigenvalue weighted by molar-refractivity contribution is -0.123. The second-order valence-corrected chi connectivity index (χ2v) is 6.32. The minimum atomic E-state index is -0.224. The largest absolute Gasteiger partial charge is 0.369 e. The molecule has 0 aromatic carbocycles. The summed E-state index contributed by atoms with van der Waals surface area (Å²) in [6.07, 6.45) is 3.45. The van der Waals surface area contributed by atoms with E-state index in [1.165, 1.54) is 11.3 Å². The summed E-state index contributed by atoms with van der Waals surface area (Å²) in [6.45, 7) is 2.97. The van der Waals surface area contributed by atoms with Gasteiger partial charge in [-0.15, -0.1) is 11.3 Å². The van der Waals surface area contributed by atoms with E-state index in [0.717, 1.165) is 30.8 Å². The standard InChI is InChI=1S/C14H18N4O2S/c15-12(19)10-2-1-4-17(8-10)5-6-18-9-16-13-11(14(18)20)3-7-21-13/h3,7,9-10H,1-2,4-6,8H2,(H2,15,19). The summed E-state index contributed by atoms with van der Waals surface area (Å²) in [4.78, 5) is 30.8. The van der Waals surface area contributed by atoms with Crippen LogP contribution >= 0.6 is 11.3 Å². The third-order valence-corrected chi connectivity index (χ3v) is 4.84. The molecular weight excluding hydrogens is 288 g/mol. The van der Waals surface area contributed by atoms with Crippen LogP contribution in [0.4, 0.5) is 0 Å². The molecule has 2 N–H and O–H groups in total. The van der Waals surface area contributed by atoms with Crippen LogP contribution in [0, 0.1) is 5.92 Å². The third-order valence-electron chi connectivity index (χ3n) is 4.02. The molecular formula is C14H18N4O2S. The summed E-state index contributed by atoms with van der Waals surface area (Å²) in [7, 11) is 0. The molecule has 0 aliphatic carbocycles. The predicted molar refractivity (Wildman–Crippen MR) is 82.2 cm³/mol. The van der Waals surface area contributed by atoms with Gasteiger partial charge in [0, 0.05) is 19.6 Å². The Labute approximate surface area is 126 Å². The number of aromatic nitrogens is 2. The molecule has 3 heterocycles. The van der Waals surface area contributed by atoms with Crippen molar-refractivity contribution in [3.05, 3.63) is 28.1 Å². The summed E-state index contributed by atoms with van der Waals surface area (Å²) < 4.78 is 1.64. The zero-order valence-corrected chi connectivity index (χ0v) is 12.5.